The highest BCUT2D eigenvalue weighted by Gasteiger charge is 2.57. The van der Waals surface area contributed by atoms with Crippen LogP contribution >= 0.6 is 0 Å². The number of hydrogen-bond donors (Lipinski definition) is 2. The highest BCUT2D eigenvalue weighted by molar-refractivity contribution is 5.15. The minimum atomic E-state index is -0.886. The molecule has 0 amide bonds. The molecular weight excluding hydrogens is 236 g/mol. The molecule has 2 aliphatic carbocycles. The summed E-state index contributed by atoms with van der Waals surface area (Å²) in [4.78, 5) is 0. The average Bonchev–Trinajstić information content (AvgIpc) is 2.38. The summed E-state index contributed by atoms with van der Waals surface area (Å²) in [6.45, 7) is 6.42. The van der Waals surface area contributed by atoms with Crippen molar-refractivity contribution in [1.82, 2.24) is 0 Å². The summed E-state index contributed by atoms with van der Waals surface area (Å²) in [5.41, 5.74) is 1.69. The molecule has 0 bridgehead atoms. The number of hydrogen-bond acceptors (Lipinski definition) is 2. The van der Waals surface area contributed by atoms with E-state index in [2.05, 4.69) is 32.9 Å². The topological polar surface area (TPSA) is 40.5 Å². The van der Waals surface area contributed by atoms with Crippen LogP contribution in [0.25, 0.3) is 0 Å². The molecule has 2 aliphatic rings. The molecule has 2 N–H and O–H groups in total. The van der Waals surface area contributed by atoms with Crippen LogP contribution in [0.5, 0.6) is 0 Å². The minimum absolute atomic E-state index is 0.148. The zero-order valence-corrected chi connectivity index (χ0v) is 12.6. The monoisotopic (exact) mass is 264 g/mol. The van der Waals surface area contributed by atoms with E-state index in [1.54, 1.807) is 0 Å². The first-order valence-corrected chi connectivity index (χ1v) is 7.59. The van der Waals surface area contributed by atoms with E-state index >= 15 is 0 Å². The number of rotatable bonds is 0. The largest absolute Gasteiger partial charge is 0.390 e. The molecule has 1 unspecified atom stereocenters. The second-order valence-corrected chi connectivity index (χ2v) is 6.88. The SMILES string of the molecule is C/C1=C\C[C@]2(C)CC[C@]2(O)C(O)CC/C(C)=C/CC1. The van der Waals surface area contributed by atoms with Gasteiger partial charge in [-0.15, -0.1) is 0 Å². The van der Waals surface area contributed by atoms with Crippen molar-refractivity contribution >= 4 is 0 Å². The van der Waals surface area contributed by atoms with Crippen molar-refractivity contribution < 1.29 is 10.2 Å². The molecule has 108 valence electrons. The molecule has 3 atom stereocenters. The van der Waals surface area contributed by atoms with Gasteiger partial charge < -0.3 is 10.2 Å². The van der Waals surface area contributed by atoms with Crippen molar-refractivity contribution in [3.63, 3.8) is 0 Å². The number of aliphatic hydroxyl groups is 2. The maximum absolute atomic E-state index is 10.8. The maximum atomic E-state index is 10.8. The summed E-state index contributed by atoms with van der Waals surface area (Å²) in [5, 5.41) is 21.2. The Hall–Kier alpha value is -0.600. The van der Waals surface area contributed by atoms with Crippen LogP contribution < -0.4 is 0 Å². The van der Waals surface area contributed by atoms with Gasteiger partial charge in [0.05, 0.1) is 11.7 Å². The van der Waals surface area contributed by atoms with Crippen molar-refractivity contribution in [2.24, 2.45) is 5.41 Å². The minimum Gasteiger partial charge on any atom is -0.390 e. The van der Waals surface area contributed by atoms with Crippen molar-refractivity contribution in [2.75, 3.05) is 0 Å². The normalized spacial score (nSPS) is 46.5. The second-order valence-electron chi connectivity index (χ2n) is 6.88. The third-order valence-corrected chi connectivity index (χ3v) is 5.40. The molecule has 0 spiro atoms. The van der Waals surface area contributed by atoms with E-state index in [0.717, 1.165) is 38.5 Å². The van der Waals surface area contributed by atoms with Gasteiger partial charge in [0.2, 0.25) is 0 Å². The summed E-state index contributed by atoms with van der Waals surface area (Å²) < 4.78 is 0. The fourth-order valence-electron chi connectivity index (χ4n) is 3.41. The summed E-state index contributed by atoms with van der Waals surface area (Å²) in [7, 11) is 0. The van der Waals surface area contributed by atoms with Gasteiger partial charge in [0.15, 0.2) is 0 Å². The zero-order chi connectivity index (χ0) is 14.1. The highest BCUT2D eigenvalue weighted by atomic mass is 16.3. The Morgan fingerprint density at radius 2 is 1.79 bits per heavy atom. The molecule has 0 saturated heterocycles. The molecule has 0 heterocycles. The molecule has 1 saturated carbocycles. The van der Waals surface area contributed by atoms with Gasteiger partial charge in [0.1, 0.15) is 0 Å². The number of aliphatic hydroxyl groups excluding tert-OH is 1. The lowest BCUT2D eigenvalue weighted by Crippen LogP contribution is -2.62. The fourth-order valence-corrected chi connectivity index (χ4v) is 3.41. The van der Waals surface area contributed by atoms with Crippen LogP contribution in [0.4, 0.5) is 0 Å². The fraction of sp³-hybridized carbons (Fsp3) is 0.765. The standard InChI is InChI=1S/C17H28O2/c1-13-5-4-6-14(2)9-10-16(3)11-12-17(16,19)15(18)8-7-13/h5,9,15,18-19H,4,6-8,10-12H2,1-3H3/b13-5+,14-9+/t15?,16-,17+/m1/s1. The van der Waals surface area contributed by atoms with Gasteiger partial charge in [-0.1, -0.05) is 30.2 Å². The van der Waals surface area contributed by atoms with Crippen LogP contribution in [0.1, 0.15) is 65.7 Å². The van der Waals surface area contributed by atoms with Gasteiger partial charge in [0, 0.05) is 5.41 Å². The highest BCUT2D eigenvalue weighted by Crippen LogP contribution is 2.55. The Morgan fingerprint density at radius 1 is 1.11 bits per heavy atom. The van der Waals surface area contributed by atoms with E-state index < -0.39 is 11.7 Å². The van der Waals surface area contributed by atoms with Crippen molar-refractivity contribution in [2.45, 2.75) is 77.4 Å². The van der Waals surface area contributed by atoms with Gasteiger partial charge in [-0.25, -0.2) is 0 Å². The summed E-state index contributed by atoms with van der Waals surface area (Å²) >= 11 is 0. The Labute approximate surface area is 117 Å². The summed E-state index contributed by atoms with van der Waals surface area (Å²) in [6.07, 6.45) is 10.3. The molecule has 2 rings (SSSR count). The molecule has 2 heteroatoms. The first kappa shape index (κ1) is 14.8. The van der Waals surface area contributed by atoms with Crippen LogP contribution in [0.3, 0.4) is 0 Å². The third-order valence-electron chi connectivity index (χ3n) is 5.40. The lowest BCUT2D eigenvalue weighted by molar-refractivity contribution is -0.217. The molecule has 0 aromatic heterocycles. The predicted molar refractivity (Wildman–Crippen MR) is 78.9 cm³/mol. The van der Waals surface area contributed by atoms with Gasteiger partial charge in [-0.2, -0.15) is 0 Å². The molecule has 2 nitrogen and oxygen atoms in total. The molecule has 0 aliphatic heterocycles. The Kier molecular flexibility index (Phi) is 4.22. The number of allylic oxidation sites excluding steroid dienone is 4. The van der Waals surface area contributed by atoms with E-state index in [9.17, 15) is 10.2 Å². The second kappa shape index (κ2) is 5.41. The average molecular weight is 264 g/mol. The van der Waals surface area contributed by atoms with E-state index in [1.165, 1.54) is 11.1 Å². The van der Waals surface area contributed by atoms with Gasteiger partial charge in [0.25, 0.3) is 0 Å². The Balaban J connectivity index is 2.21. The van der Waals surface area contributed by atoms with Gasteiger partial charge in [-0.3, -0.25) is 0 Å². The molecule has 1 fully saturated rings. The maximum Gasteiger partial charge on any atom is 0.0961 e. The molecule has 19 heavy (non-hydrogen) atoms. The molecule has 0 aromatic rings. The van der Waals surface area contributed by atoms with Gasteiger partial charge >= 0.3 is 0 Å². The molecule has 0 radical (unpaired) electrons. The van der Waals surface area contributed by atoms with Crippen LogP contribution in [0.15, 0.2) is 23.3 Å². The first-order chi connectivity index (χ1) is 8.87. The number of fused-ring (bicyclic) bond motifs is 1. The Morgan fingerprint density at radius 3 is 2.42 bits per heavy atom. The zero-order valence-electron chi connectivity index (χ0n) is 12.6. The summed E-state index contributed by atoms with van der Waals surface area (Å²) in [6, 6.07) is 0. The van der Waals surface area contributed by atoms with Gasteiger partial charge in [-0.05, 0) is 58.8 Å². The van der Waals surface area contributed by atoms with E-state index in [1.807, 2.05) is 0 Å². The van der Waals surface area contributed by atoms with E-state index in [-0.39, 0.29) is 5.41 Å². The third kappa shape index (κ3) is 2.80. The van der Waals surface area contributed by atoms with Crippen LogP contribution in [0.2, 0.25) is 0 Å². The van der Waals surface area contributed by atoms with Crippen molar-refractivity contribution in [3.8, 4) is 0 Å². The van der Waals surface area contributed by atoms with Crippen molar-refractivity contribution in [1.29, 1.82) is 0 Å². The first-order valence-electron chi connectivity index (χ1n) is 7.59. The van der Waals surface area contributed by atoms with Crippen molar-refractivity contribution in [3.05, 3.63) is 23.3 Å². The lowest BCUT2D eigenvalue weighted by Gasteiger charge is -2.56. The lowest BCUT2D eigenvalue weighted by atomic mass is 9.53. The summed E-state index contributed by atoms with van der Waals surface area (Å²) in [5.74, 6) is 0. The Bertz CT molecular complexity index is 396. The van der Waals surface area contributed by atoms with Crippen LogP contribution in [-0.4, -0.2) is 21.9 Å². The molecule has 0 aromatic carbocycles. The van der Waals surface area contributed by atoms with Crippen LogP contribution in [-0.2, 0) is 0 Å². The van der Waals surface area contributed by atoms with E-state index in [4.69, 9.17) is 0 Å². The quantitative estimate of drug-likeness (QED) is 0.654. The van der Waals surface area contributed by atoms with E-state index in [0.29, 0.717) is 6.42 Å². The van der Waals surface area contributed by atoms with Crippen LogP contribution in [0, 0.1) is 5.41 Å². The predicted octanol–water partition coefficient (Wildman–Crippen LogP) is 3.74. The molecular formula is C17H28O2. The smallest absolute Gasteiger partial charge is 0.0961 e.